The molecule has 0 aliphatic carbocycles. The zero-order chi connectivity index (χ0) is 24.3. The van der Waals surface area contributed by atoms with Crippen molar-refractivity contribution >= 4 is 28.9 Å². The summed E-state index contributed by atoms with van der Waals surface area (Å²) in [5, 5.41) is 13.8. The molecule has 174 valence electrons. The number of aromatic nitrogens is 5. The summed E-state index contributed by atoms with van der Waals surface area (Å²) in [5.74, 6) is 1.84. The number of rotatable bonds is 6. The summed E-state index contributed by atoms with van der Waals surface area (Å²) >= 11 is 0. The van der Waals surface area contributed by atoms with E-state index in [0.717, 1.165) is 22.6 Å². The summed E-state index contributed by atoms with van der Waals surface area (Å²) in [4.78, 5) is 25.6. The van der Waals surface area contributed by atoms with Crippen LogP contribution in [-0.2, 0) is 5.41 Å². The highest BCUT2D eigenvalue weighted by molar-refractivity contribution is 6.04. The van der Waals surface area contributed by atoms with Gasteiger partial charge in [0.2, 0.25) is 0 Å². The van der Waals surface area contributed by atoms with Crippen LogP contribution in [0.5, 0.6) is 0 Å². The van der Waals surface area contributed by atoms with Crippen LogP contribution >= 0.6 is 0 Å². The van der Waals surface area contributed by atoms with Gasteiger partial charge in [-0.15, -0.1) is 0 Å². The van der Waals surface area contributed by atoms with Crippen LogP contribution in [-0.4, -0.2) is 37.7 Å². The summed E-state index contributed by atoms with van der Waals surface area (Å²) in [7, 11) is 1.80. The smallest absolute Gasteiger partial charge is 0.257 e. The SMILES string of the molecule is CNc1cc(-n2nccc2Nc2cc(NC(=O)c3cncc(C(C)(C)C)c3)ccc2C)ncn1. The molecule has 4 rings (SSSR count). The number of amides is 1. The first kappa shape index (κ1) is 22.9. The maximum atomic E-state index is 12.9. The van der Waals surface area contributed by atoms with Gasteiger partial charge in [0.05, 0.1) is 11.8 Å². The molecule has 0 atom stereocenters. The lowest BCUT2D eigenvalue weighted by Gasteiger charge is -2.19. The third-order valence-corrected chi connectivity index (χ3v) is 5.39. The number of nitrogens with one attached hydrogen (secondary N) is 3. The van der Waals surface area contributed by atoms with Gasteiger partial charge >= 0.3 is 0 Å². The molecule has 0 aliphatic rings. The first-order valence-corrected chi connectivity index (χ1v) is 10.9. The maximum absolute atomic E-state index is 12.9. The Labute approximate surface area is 198 Å². The molecule has 9 heteroatoms. The molecule has 4 aromatic rings. The molecular weight excluding hydrogens is 428 g/mol. The number of hydrogen-bond acceptors (Lipinski definition) is 7. The van der Waals surface area contributed by atoms with Crippen molar-refractivity contribution in [2.75, 3.05) is 23.0 Å². The summed E-state index contributed by atoms with van der Waals surface area (Å²) < 4.78 is 1.69. The van der Waals surface area contributed by atoms with Gasteiger partial charge in [-0.3, -0.25) is 9.78 Å². The van der Waals surface area contributed by atoms with Crippen molar-refractivity contribution in [3.8, 4) is 5.82 Å². The summed E-state index contributed by atoms with van der Waals surface area (Å²) in [6, 6.07) is 11.3. The van der Waals surface area contributed by atoms with E-state index in [-0.39, 0.29) is 11.3 Å². The summed E-state index contributed by atoms with van der Waals surface area (Å²) in [5.41, 5.74) is 3.95. The van der Waals surface area contributed by atoms with Crippen LogP contribution < -0.4 is 16.0 Å². The van der Waals surface area contributed by atoms with Crippen molar-refractivity contribution in [1.82, 2.24) is 24.7 Å². The van der Waals surface area contributed by atoms with Gasteiger partial charge < -0.3 is 16.0 Å². The lowest BCUT2D eigenvalue weighted by atomic mass is 9.87. The molecular formula is C25H28N8O. The van der Waals surface area contributed by atoms with Crippen molar-refractivity contribution < 1.29 is 4.79 Å². The van der Waals surface area contributed by atoms with Crippen LogP contribution in [0.25, 0.3) is 5.82 Å². The van der Waals surface area contributed by atoms with Crippen LogP contribution in [0.4, 0.5) is 23.0 Å². The lowest BCUT2D eigenvalue weighted by molar-refractivity contribution is 0.102. The molecule has 0 radical (unpaired) electrons. The van der Waals surface area contributed by atoms with Gasteiger partial charge in [0.15, 0.2) is 5.82 Å². The van der Waals surface area contributed by atoms with Crippen LogP contribution in [0.3, 0.4) is 0 Å². The topological polar surface area (TPSA) is 110 Å². The quantitative estimate of drug-likeness (QED) is 0.386. The second-order valence-electron chi connectivity index (χ2n) is 8.96. The minimum atomic E-state index is -0.209. The zero-order valence-corrected chi connectivity index (χ0v) is 19.9. The maximum Gasteiger partial charge on any atom is 0.257 e. The van der Waals surface area contributed by atoms with Gasteiger partial charge in [-0.05, 0) is 41.7 Å². The molecule has 34 heavy (non-hydrogen) atoms. The lowest BCUT2D eigenvalue weighted by Crippen LogP contribution is -2.16. The highest BCUT2D eigenvalue weighted by atomic mass is 16.1. The van der Waals surface area contributed by atoms with E-state index in [4.69, 9.17) is 0 Å². The Morgan fingerprint density at radius 1 is 1.03 bits per heavy atom. The molecule has 3 heterocycles. The van der Waals surface area contributed by atoms with Crippen molar-refractivity contribution in [2.24, 2.45) is 0 Å². The molecule has 0 aliphatic heterocycles. The molecule has 0 spiro atoms. The van der Waals surface area contributed by atoms with Crippen LogP contribution in [0, 0.1) is 6.92 Å². The first-order valence-electron chi connectivity index (χ1n) is 10.9. The predicted molar refractivity (Wildman–Crippen MR) is 134 cm³/mol. The number of aryl methyl sites for hydroxylation is 1. The average Bonchev–Trinajstić information content (AvgIpc) is 3.29. The number of pyridine rings is 1. The van der Waals surface area contributed by atoms with E-state index in [2.05, 4.69) is 56.8 Å². The van der Waals surface area contributed by atoms with Crippen LogP contribution in [0.15, 0.2) is 61.3 Å². The van der Waals surface area contributed by atoms with Gasteiger partial charge in [-0.25, -0.2) is 9.97 Å². The number of anilines is 4. The highest BCUT2D eigenvalue weighted by Crippen LogP contribution is 2.26. The monoisotopic (exact) mass is 456 g/mol. The van der Waals surface area contributed by atoms with E-state index in [1.54, 1.807) is 36.4 Å². The van der Waals surface area contributed by atoms with E-state index >= 15 is 0 Å². The van der Waals surface area contributed by atoms with Gasteiger partial charge in [0.1, 0.15) is 18.0 Å². The molecule has 0 unspecified atom stereocenters. The van der Waals surface area contributed by atoms with E-state index in [0.29, 0.717) is 22.9 Å². The Bertz CT molecular complexity index is 1320. The van der Waals surface area contributed by atoms with Crippen LogP contribution in [0.2, 0.25) is 0 Å². The number of carbonyl (C=O) groups excluding carboxylic acids is 1. The molecule has 3 N–H and O–H groups in total. The summed E-state index contributed by atoms with van der Waals surface area (Å²) in [6.07, 6.45) is 6.56. The van der Waals surface area contributed by atoms with Crippen molar-refractivity contribution in [1.29, 1.82) is 0 Å². The number of carbonyl (C=O) groups is 1. The third kappa shape index (κ3) is 5.03. The Hall–Kier alpha value is -4.27. The fourth-order valence-electron chi connectivity index (χ4n) is 3.33. The first-order chi connectivity index (χ1) is 16.2. The molecule has 1 amide bonds. The molecule has 0 saturated heterocycles. The Kier molecular flexibility index (Phi) is 6.27. The number of hydrogen-bond donors (Lipinski definition) is 3. The van der Waals surface area contributed by atoms with Crippen molar-refractivity contribution in [3.63, 3.8) is 0 Å². The molecule has 0 bridgehead atoms. The molecule has 3 aromatic heterocycles. The molecule has 9 nitrogen and oxygen atoms in total. The predicted octanol–water partition coefficient (Wildman–Crippen LogP) is 4.70. The fraction of sp³-hybridized carbons (Fsp3) is 0.240. The minimum absolute atomic E-state index is 0.0924. The van der Waals surface area contributed by atoms with E-state index in [1.165, 1.54) is 6.33 Å². The number of benzene rings is 1. The number of nitrogens with zero attached hydrogens (tertiary/aromatic N) is 5. The summed E-state index contributed by atoms with van der Waals surface area (Å²) in [6.45, 7) is 8.27. The fourth-order valence-corrected chi connectivity index (χ4v) is 3.33. The van der Waals surface area contributed by atoms with Gasteiger partial charge in [0, 0.05) is 42.9 Å². The van der Waals surface area contributed by atoms with Gasteiger partial charge in [-0.2, -0.15) is 9.78 Å². The standard InChI is InChI=1S/C25H28N8O/c1-16-6-7-19(31-24(34)17-10-18(14-27-13-17)25(2,3)4)11-20(16)32-22-8-9-30-33(22)23-12-21(26-5)28-15-29-23/h6-15,32H,1-5H3,(H,31,34)(H,26,28,29). The third-order valence-electron chi connectivity index (χ3n) is 5.39. The van der Waals surface area contributed by atoms with Gasteiger partial charge in [-0.1, -0.05) is 26.8 Å². The van der Waals surface area contributed by atoms with Crippen molar-refractivity contribution in [2.45, 2.75) is 33.1 Å². The largest absolute Gasteiger partial charge is 0.373 e. The van der Waals surface area contributed by atoms with E-state index < -0.39 is 0 Å². The Morgan fingerprint density at radius 3 is 2.62 bits per heavy atom. The molecule has 1 aromatic carbocycles. The highest BCUT2D eigenvalue weighted by Gasteiger charge is 2.17. The van der Waals surface area contributed by atoms with E-state index in [9.17, 15) is 4.79 Å². The zero-order valence-electron chi connectivity index (χ0n) is 19.9. The van der Waals surface area contributed by atoms with Gasteiger partial charge in [0.25, 0.3) is 5.91 Å². The normalized spacial score (nSPS) is 11.2. The van der Waals surface area contributed by atoms with Crippen LogP contribution in [0.1, 0.15) is 42.3 Å². The molecule has 0 fully saturated rings. The Balaban J connectivity index is 1.56. The molecule has 0 saturated carbocycles. The average molecular weight is 457 g/mol. The minimum Gasteiger partial charge on any atom is -0.373 e. The van der Waals surface area contributed by atoms with Crippen molar-refractivity contribution in [3.05, 3.63) is 78.0 Å². The van der Waals surface area contributed by atoms with E-state index in [1.807, 2.05) is 37.3 Å². The second-order valence-corrected chi connectivity index (χ2v) is 8.96. The Morgan fingerprint density at radius 2 is 1.85 bits per heavy atom. The second kappa shape index (κ2) is 9.30.